The maximum atomic E-state index is 12.8. The number of benzene rings is 2. The maximum absolute atomic E-state index is 12.8. The van der Waals surface area contributed by atoms with E-state index in [9.17, 15) is 19.7 Å². The second kappa shape index (κ2) is 4.96. The summed E-state index contributed by atoms with van der Waals surface area (Å²) in [5.41, 5.74) is -0.0307. The van der Waals surface area contributed by atoms with E-state index in [2.05, 4.69) is 20.9 Å². The Morgan fingerprint density at radius 2 is 1.96 bits per heavy atom. The Hall–Kier alpha value is -2.58. The Balaban J connectivity index is 2.11. The molecule has 24 heavy (non-hydrogen) atoms. The van der Waals surface area contributed by atoms with Crippen LogP contribution in [-0.2, 0) is 0 Å². The summed E-state index contributed by atoms with van der Waals surface area (Å²) in [4.78, 5) is 39.9. The molecule has 0 spiro atoms. The minimum Gasteiger partial charge on any atom is -0.285 e. The minimum atomic E-state index is -0.598. The van der Waals surface area contributed by atoms with Crippen LogP contribution in [0.4, 0.5) is 5.69 Å². The third-order valence-corrected chi connectivity index (χ3v) is 5.16. The first-order valence-electron chi connectivity index (χ1n) is 6.64. The number of hydrogen-bond acceptors (Lipinski definition) is 5. The summed E-state index contributed by atoms with van der Waals surface area (Å²) in [6.45, 7) is 0. The van der Waals surface area contributed by atoms with Crippen LogP contribution in [-0.4, -0.2) is 20.3 Å². The average molecular weight is 407 g/mol. The molecule has 7 nitrogen and oxygen atoms in total. The molecule has 1 aliphatic heterocycles. The van der Waals surface area contributed by atoms with E-state index in [0.29, 0.717) is 9.50 Å². The van der Waals surface area contributed by atoms with Crippen molar-refractivity contribution in [3.63, 3.8) is 0 Å². The molecule has 0 bridgehead atoms. The second-order valence-corrected chi connectivity index (χ2v) is 6.32. The number of rotatable bonds is 1. The van der Waals surface area contributed by atoms with E-state index in [-0.39, 0.29) is 33.7 Å². The van der Waals surface area contributed by atoms with E-state index in [1.165, 1.54) is 22.8 Å². The number of carbonyl (C=O) groups is 1. The number of nitro groups is 1. The molecule has 3 aromatic rings. The summed E-state index contributed by atoms with van der Waals surface area (Å²) in [5.74, 6) is -0.634. The molecule has 0 N–H and O–H groups in total. The van der Waals surface area contributed by atoms with Crippen LogP contribution < -0.4 is 5.56 Å². The molecule has 2 heterocycles. The molecule has 0 saturated carbocycles. The van der Waals surface area contributed by atoms with Gasteiger partial charge in [0.1, 0.15) is 0 Å². The fourth-order valence-electron chi connectivity index (χ4n) is 2.71. The number of carbonyl (C=O) groups excluding carboxylic acids is 1. The first kappa shape index (κ1) is 15.0. The van der Waals surface area contributed by atoms with Crippen molar-refractivity contribution in [3.05, 3.63) is 71.7 Å². The molecule has 2 aromatic carbocycles. The SMILES string of the molecule is O=C1c2cc([N+](=O)[O-])ccc2-n2c1nc1c(Br)c(Cl)ccc1c2=O. The van der Waals surface area contributed by atoms with Crippen LogP contribution in [0.25, 0.3) is 16.6 Å². The molecule has 0 amide bonds. The molecule has 118 valence electrons. The van der Waals surface area contributed by atoms with E-state index in [4.69, 9.17) is 11.6 Å². The van der Waals surface area contributed by atoms with Gasteiger partial charge in [0.2, 0.25) is 5.78 Å². The lowest BCUT2D eigenvalue weighted by molar-refractivity contribution is -0.384. The molecule has 1 aromatic heterocycles. The predicted molar refractivity (Wildman–Crippen MR) is 90.1 cm³/mol. The van der Waals surface area contributed by atoms with Gasteiger partial charge in [0, 0.05) is 12.1 Å². The van der Waals surface area contributed by atoms with Crippen molar-refractivity contribution in [1.82, 2.24) is 9.55 Å². The Bertz CT molecular complexity index is 1160. The van der Waals surface area contributed by atoms with Crippen LogP contribution in [0.1, 0.15) is 16.2 Å². The van der Waals surface area contributed by atoms with Gasteiger partial charge in [-0.1, -0.05) is 11.6 Å². The lowest BCUT2D eigenvalue weighted by Gasteiger charge is -2.07. The third kappa shape index (κ3) is 1.87. The van der Waals surface area contributed by atoms with E-state index in [1.807, 2.05) is 0 Å². The van der Waals surface area contributed by atoms with Gasteiger partial charge in [-0.2, -0.15) is 0 Å². The van der Waals surface area contributed by atoms with Crippen molar-refractivity contribution >= 4 is 49.9 Å². The highest BCUT2D eigenvalue weighted by Crippen LogP contribution is 2.33. The van der Waals surface area contributed by atoms with Gasteiger partial charge in [0.15, 0.2) is 5.82 Å². The van der Waals surface area contributed by atoms with Gasteiger partial charge in [0.05, 0.1) is 36.6 Å². The smallest absolute Gasteiger partial charge is 0.270 e. The van der Waals surface area contributed by atoms with Crippen molar-refractivity contribution in [3.8, 4) is 5.69 Å². The van der Waals surface area contributed by atoms with Crippen LogP contribution in [0.15, 0.2) is 39.6 Å². The van der Waals surface area contributed by atoms with Crippen LogP contribution in [0.5, 0.6) is 0 Å². The Morgan fingerprint density at radius 3 is 2.67 bits per heavy atom. The summed E-state index contributed by atoms with van der Waals surface area (Å²) in [5, 5.41) is 11.6. The highest BCUT2D eigenvalue weighted by atomic mass is 79.9. The minimum absolute atomic E-state index is 0.0753. The van der Waals surface area contributed by atoms with Crippen LogP contribution in [0.2, 0.25) is 5.02 Å². The number of ketones is 1. The zero-order chi connectivity index (χ0) is 17.2. The summed E-state index contributed by atoms with van der Waals surface area (Å²) < 4.78 is 1.58. The zero-order valence-electron chi connectivity index (χ0n) is 11.6. The maximum Gasteiger partial charge on any atom is 0.270 e. The van der Waals surface area contributed by atoms with E-state index in [1.54, 1.807) is 6.07 Å². The van der Waals surface area contributed by atoms with Gasteiger partial charge in [-0.3, -0.25) is 24.3 Å². The summed E-state index contributed by atoms with van der Waals surface area (Å²) >= 11 is 9.28. The molecule has 9 heteroatoms. The van der Waals surface area contributed by atoms with Crippen molar-refractivity contribution in [2.24, 2.45) is 0 Å². The molecule has 4 rings (SSSR count). The lowest BCUT2D eigenvalue weighted by Crippen LogP contribution is -2.21. The standard InChI is InChI=1S/C15H5BrClN3O4/c16-11-9(17)3-2-7-12(11)18-14-13(21)8-5-6(20(23)24)1-4-10(8)19(14)15(7)22/h1-5H. The number of nitro benzene ring substituents is 1. The molecule has 0 aliphatic carbocycles. The zero-order valence-corrected chi connectivity index (χ0v) is 14.0. The highest BCUT2D eigenvalue weighted by Gasteiger charge is 2.32. The molecule has 0 fully saturated rings. The number of hydrogen-bond donors (Lipinski definition) is 0. The highest BCUT2D eigenvalue weighted by molar-refractivity contribution is 9.10. The summed E-state index contributed by atoms with van der Waals surface area (Å²) in [6, 6.07) is 6.85. The van der Waals surface area contributed by atoms with Crippen molar-refractivity contribution < 1.29 is 9.72 Å². The largest absolute Gasteiger partial charge is 0.285 e. The number of non-ortho nitro benzene ring substituents is 1. The molecular formula is C15H5BrClN3O4. The average Bonchev–Trinajstić information content (AvgIpc) is 2.84. The topological polar surface area (TPSA) is 95.1 Å². The second-order valence-electron chi connectivity index (χ2n) is 5.12. The molecule has 0 radical (unpaired) electrons. The fourth-order valence-corrected chi connectivity index (χ4v) is 3.29. The van der Waals surface area contributed by atoms with Crippen LogP contribution >= 0.6 is 27.5 Å². The van der Waals surface area contributed by atoms with Gasteiger partial charge in [-0.05, 0) is 34.1 Å². The van der Waals surface area contributed by atoms with Gasteiger partial charge in [-0.15, -0.1) is 0 Å². The predicted octanol–water partition coefficient (Wildman–Crippen LogP) is 3.25. The monoisotopic (exact) mass is 405 g/mol. The van der Waals surface area contributed by atoms with Crippen LogP contribution in [0.3, 0.4) is 0 Å². The van der Waals surface area contributed by atoms with Crippen molar-refractivity contribution in [2.75, 3.05) is 0 Å². The quantitative estimate of drug-likeness (QED) is 0.357. The number of aromatic nitrogens is 2. The fraction of sp³-hybridized carbons (Fsp3) is 0. The van der Waals surface area contributed by atoms with E-state index in [0.717, 1.165) is 6.07 Å². The Kier molecular flexibility index (Phi) is 3.09. The van der Waals surface area contributed by atoms with Crippen LogP contribution in [0, 0.1) is 10.1 Å². The lowest BCUT2D eigenvalue weighted by atomic mass is 10.1. The molecule has 1 aliphatic rings. The number of halogens is 2. The molecule has 0 atom stereocenters. The van der Waals surface area contributed by atoms with E-state index >= 15 is 0 Å². The van der Waals surface area contributed by atoms with Gasteiger partial charge >= 0.3 is 0 Å². The van der Waals surface area contributed by atoms with Gasteiger partial charge < -0.3 is 0 Å². The Morgan fingerprint density at radius 1 is 1.21 bits per heavy atom. The van der Waals surface area contributed by atoms with Crippen molar-refractivity contribution in [2.45, 2.75) is 0 Å². The summed E-state index contributed by atoms with van der Waals surface area (Å²) in [7, 11) is 0. The van der Waals surface area contributed by atoms with Gasteiger partial charge in [-0.25, -0.2) is 4.98 Å². The molecular weight excluding hydrogens is 402 g/mol. The summed E-state index contributed by atoms with van der Waals surface area (Å²) in [6.07, 6.45) is 0. The molecule has 0 unspecified atom stereocenters. The van der Waals surface area contributed by atoms with Gasteiger partial charge in [0.25, 0.3) is 11.2 Å². The number of nitrogens with zero attached hydrogens (tertiary/aromatic N) is 3. The first-order chi connectivity index (χ1) is 11.4. The first-order valence-corrected chi connectivity index (χ1v) is 7.81. The normalized spacial score (nSPS) is 12.3. The molecule has 0 saturated heterocycles. The van der Waals surface area contributed by atoms with E-state index < -0.39 is 16.3 Å². The Labute approximate surface area is 146 Å². The number of fused-ring (bicyclic) bond motifs is 4. The third-order valence-electron chi connectivity index (χ3n) is 3.81. The van der Waals surface area contributed by atoms with Crippen molar-refractivity contribution in [1.29, 1.82) is 0 Å².